The maximum atomic E-state index is 13.6. The fourth-order valence-corrected chi connectivity index (χ4v) is 3.52. The lowest BCUT2D eigenvalue weighted by Gasteiger charge is -2.27. The Balaban J connectivity index is 1.57. The lowest BCUT2D eigenvalue weighted by atomic mass is 10.1. The largest absolute Gasteiger partial charge is 0.489 e. The maximum Gasteiger partial charge on any atom is 0.240 e. The zero-order valence-electron chi connectivity index (χ0n) is 14.1. The number of nitrogens with zero attached hydrogens (tertiary/aromatic N) is 2. The highest BCUT2D eigenvalue weighted by molar-refractivity contribution is 5.82. The Morgan fingerprint density at radius 1 is 1.29 bits per heavy atom. The van der Waals surface area contributed by atoms with Gasteiger partial charge in [-0.2, -0.15) is 0 Å². The van der Waals surface area contributed by atoms with E-state index in [1.165, 1.54) is 6.07 Å². The van der Waals surface area contributed by atoms with Crippen LogP contribution in [0.25, 0.3) is 0 Å². The molecule has 5 nitrogen and oxygen atoms in total. The van der Waals surface area contributed by atoms with Gasteiger partial charge in [0.25, 0.3) is 0 Å². The Hall–Kier alpha value is -1.66. The fourth-order valence-electron chi connectivity index (χ4n) is 3.52. The van der Waals surface area contributed by atoms with Crippen LogP contribution in [0.2, 0.25) is 0 Å². The molecule has 6 heteroatoms. The summed E-state index contributed by atoms with van der Waals surface area (Å²) in [4.78, 5) is 16.8. The van der Waals surface area contributed by atoms with Crippen molar-refractivity contribution in [2.24, 2.45) is 0 Å². The lowest BCUT2D eigenvalue weighted by molar-refractivity contribution is -0.135. The Morgan fingerprint density at radius 3 is 2.75 bits per heavy atom. The van der Waals surface area contributed by atoms with Crippen LogP contribution < -0.4 is 4.74 Å². The van der Waals surface area contributed by atoms with Gasteiger partial charge in [0.05, 0.1) is 12.1 Å². The number of hydrogen-bond acceptors (Lipinski definition) is 4. The first-order valence-electron chi connectivity index (χ1n) is 8.62. The van der Waals surface area contributed by atoms with E-state index < -0.39 is 0 Å². The molecular formula is C18H25FN2O3. The van der Waals surface area contributed by atoms with Gasteiger partial charge in [0.15, 0.2) is 11.6 Å². The van der Waals surface area contributed by atoms with Crippen molar-refractivity contribution in [2.45, 2.75) is 31.4 Å². The topological polar surface area (TPSA) is 42.0 Å². The molecule has 3 rings (SSSR count). The van der Waals surface area contributed by atoms with E-state index in [0.717, 1.165) is 25.9 Å². The van der Waals surface area contributed by atoms with Crippen LogP contribution in [0.1, 0.15) is 19.3 Å². The Kier molecular flexibility index (Phi) is 5.68. The molecule has 0 N–H and O–H groups in total. The summed E-state index contributed by atoms with van der Waals surface area (Å²) in [5, 5.41) is 0. The van der Waals surface area contributed by atoms with E-state index >= 15 is 0 Å². The summed E-state index contributed by atoms with van der Waals surface area (Å²) < 4.78 is 24.6. The predicted octanol–water partition coefficient (Wildman–Crippen LogP) is 1.92. The molecule has 0 bridgehead atoms. The second kappa shape index (κ2) is 7.94. The summed E-state index contributed by atoms with van der Waals surface area (Å²) in [7, 11) is 1.68. The second-order valence-electron chi connectivity index (χ2n) is 6.42. The zero-order valence-corrected chi connectivity index (χ0v) is 14.1. The number of amides is 1. The molecule has 1 amide bonds. The number of ether oxygens (including phenoxy) is 2. The number of likely N-dealkylation sites (tertiary alicyclic amines) is 2. The average molecular weight is 336 g/mol. The van der Waals surface area contributed by atoms with E-state index in [4.69, 9.17) is 9.47 Å². The van der Waals surface area contributed by atoms with Crippen molar-refractivity contribution in [2.75, 3.05) is 39.9 Å². The summed E-state index contributed by atoms with van der Waals surface area (Å²) in [6, 6.07) is 6.22. The minimum atomic E-state index is -0.363. The second-order valence-corrected chi connectivity index (χ2v) is 6.42. The summed E-state index contributed by atoms with van der Waals surface area (Å²) in [6.45, 7) is 3.35. The molecule has 2 heterocycles. The van der Waals surface area contributed by atoms with E-state index in [1.54, 1.807) is 25.3 Å². The molecule has 132 valence electrons. The summed E-state index contributed by atoms with van der Waals surface area (Å²) in [5.41, 5.74) is 0. The van der Waals surface area contributed by atoms with Gasteiger partial charge in [0, 0.05) is 33.3 Å². The van der Waals surface area contributed by atoms with E-state index in [-0.39, 0.29) is 29.6 Å². The first-order valence-corrected chi connectivity index (χ1v) is 8.62. The van der Waals surface area contributed by atoms with Crippen molar-refractivity contribution in [1.82, 2.24) is 9.80 Å². The van der Waals surface area contributed by atoms with Crippen LogP contribution in [0.5, 0.6) is 5.75 Å². The number of benzene rings is 1. The molecule has 2 aliphatic rings. The van der Waals surface area contributed by atoms with E-state index in [9.17, 15) is 9.18 Å². The van der Waals surface area contributed by atoms with Gasteiger partial charge in [-0.1, -0.05) is 12.1 Å². The van der Waals surface area contributed by atoms with Gasteiger partial charge in [-0.05, 0) is 31.4 Å². The monoisotopic (exact) mass is 336 g/mol. The van der Waals surface area contributed by atoms with Crippen LogP contribution in [-0.4, -0.2) is 67.7 Å². The molecule has 2 aliphatic heterocycles. The van der Waals surface area contributed by atoms with Crippen LogP contribution in [0.15, 0.2) is 24.3 Å². The SMILES string of the molecule is CO[C@H]1C[C@@H](C(=O)N2CCCC2)N(CCOc2ccccc2F)C1. The van der Waals surface area contributed by atoms with Gasteiger partial charge in [-0.3, -0.25) is 9.69 Å². The molecule has 0 aromatic heterocycles. The van der Waals surface area contributed by atoms with Crippen molar-refractivity contribution >= 4 is 5.91 Å². The molecular weight excluding hydrogens is 311 g/mol. The highest BCUT2D eigenvalue weighted by Crippen LogP contribution is 2.24. The lowest BCUT2D eigenvalue weighted by Crippen LogP contribution is -2.45. The minimum Gasteiger partial charge on any atom is -0.489 e. The quantitative estimate of drug-likeness (QED) is 0.796. The molecule has 0 saturated carbocycles. The number of carbonyl (C=O) groups excluding carboxylic acids is 1. The molecule has 0 unspecified atom stereocenters. The van der Waals surface area contributed by atoms with Crippen molar-refractivity contribution < 1.29 is 18.7 Å². The molecule has 24 heavy (non-hydrogen) atoms. The van der Waals surface area contributed by atoms with Crippen molar-refractivity contribution in [3.05, 3.63) is 30.1 Å². The van der Waals surface area contributed by atoms with Gasteiger partial charge in [0.2, 0.25) is 5.91 Å². The number of methoxy groups -OCH3 is 1. The third-order valence-electron chi connectivity index (χ3n) is 4.87. The van der Waals surface area contributed by atoms with Gasteiger partial charge in [0.1, 0.15) is 6.61 Å². The van der Waals surface area contributed by atoms with Crippen LogP contribution in [0.4, 0.5) is 4.39 Å². The van der Waals surface area contributed by atoms with Gasteiger partial charge in [-0.15, -0.1) is 0 Å². The highest BCUT2D eigenvalue weighted by atomic mass is 19.1. The molecule has 2 fully saturated rings. The molecule has 0 aliphatic carbocycles. The van der Waals surface area contributed by atoms with Gasteiger partial charge in [-0.25, -0.2) is 4.39 Å². The number of para-hydroxylation sites is 1. The first kappa shape index (κ1) is 17.2. The van der Waals surface area contributed by atoms with Crippen molar-refractivity contribution in [3.8, 4) is 5.75 Å². The van der Waals surface area contributed by atoms with E-state index in [0.29, 0.717) is 26.1 Å². The summed E-state index contributed by atoms with van der Waals surface area (Å²) in [6.07, 6.45) is 2.95. The van der Waals surface area contributed by atoms with Crippen molar-refractivity contribution in [3.63, 3.8) is 0 Å². The third-order valence-corrected chi connectivity index (χ3v) is 4.87. The maximum absolute atomic E-state index is 13.6. The Bertz CT molecular complexity index is 563. The predicted molar refractivity (Wildman–Crippen MR) is 88.5 cm³/mol. The molecule has 2 atom stereocenters. The van der Waals surface area contributed by atoms with Crippen LogP contribution >= 0.6 is 0 Å². The average Bonchev–Trinajstić information content (AvgIpc) is 3.25. The Labute approximate surface area is 142 Å². The molecule has 0 radical (unpaired) electrons. The van der Waals surface area contributed by atoms with E-state index in [2.05, 4.69) is 4.90 Å². The molecule has 1 aromatic carbocycles. The molecule has 1 aromatic rings. The first-order chi connectivity index (χ1) is 11.7. The number of carbonyl (C=O) groups is 1. The van der Waals surface area contributed by atoms with Crippen LogP contribution in [0.3, 0.4) is 0 Å². The molecule has 2 saturated heterocycles. The van der Waals surface area contributed by atoms with Crippen molar-refractivity contribution in [1.29, 1.82) is 0 Å². The van der Waals surface area contributed by atoms with Crippen LogP contribution in [0, 0.1) is 5.82 Å². The summed E-state index contributed by atoms with van der Waals surface area (Å²) >= 11 is 0. The van der Waals surface area contributed by atoms with E-state index in [1.807, 2.05) is 4.90 Å². The van der Waals surface area contributed by atoms with Gasteiger partial charge < -0.3 is 14.4 Å². The fraction of sp³-hybridized carbons (Fsp3) is 0.611. The number of rotatable bonds is 6. The van der Waals surface area contributed by atoms with Gasteiger partial charge >= 0.3 is 0 Å². The normalized spacial score (nSPS) is 24.5. The standard InChI is InChI=1S/C18H25FN2O3/c1-23-14-12-16(18(22)20-8-4-5-9-20)21(13-14)10-11-24-17-7-3-2-6-15(17)19/h2-3,6-7,14,16H,4-5,8-13H2,1H3/t14-,16-/m0/s1. The molecule has 0 spiro atoms. The minimum absolute atomic E-state index is 0.0648. The number of hydrogen-bond donors (Lipinski definition) is 0. The number of halogens is 1. The highest BCUT2D eigenvalue weighted by Gasteiger charge is 2.39. The summed E-state index contributed by atoms with van der Waals surface area (Å²) in [5.74, 6) is 0.0822. The van der Waals surface area contributed by atoms with Crippen LogP contribution in [-0.2, 0) is 9.53 Å². The smallest absolute Gasteiger partial charge is 0.240 e. The zero-order chi connectivity index (χ0) is 16.9. The third kappa shape index (κ3) is 3.87. The Morgan fingerprint density at radius 2 is 2.04 bits per heavy atom.